The van der Waals surface area contributed by atoms with Gasteiger partial charge in [0, 0.05) is 12.4 Å². The highest BCUT2D eigenvalue weighted by Crippen LogP contribution is 2.04. The number of alkyl halides is 1. The Morgan fingerprint density at radius 2 is 2.06 bits per heavy atom. The van der Waals surface area contributed by atoms with Crippen molar-refractivity contribution in [2.45, 2.75) is 19.4 Å². The van der Waals surface area contributed by atoms with Crippen molar-refractivity contribution in [2.75, 3.05) is 11.6 Å². The number of halogens is 2. The molecule has 3 nitrogen and oxygen atoms in total. The van der Waals surface area contributed by atoms with E-state index in [1.165, 1.54) is 12.1 Å². The van der Waals surface area contributed by atoms with Crippen molar-refractivity contribution in [1.82, 2.24) is 4.72 Å². The molecule has 17 heavy (non-hydrogen) atoms. The zero-order valence-corrected chi connectivity index (χ0v) is 10.9. The quantitative estimate of drug-likeness (QED) is 0.615. The normalized spacial score (nSPS) is 11.6. The van der Waals surface area contributed by atoms with Crippen molar-refractivity contribution in [2.24, 2.45) is 0 Å². The van der Waals surface area contributed by atoms with Crippen LogP contribution in [0.15, 0.2) is 24.3 Å². The Kier molecular flexibility index (Phi) is 5.88. The largest absolute Gasteiger partial charge is 0.212 e. The van der Waals surface area contributed by atoms with Gasteiger partial charge in [0.15, 0.2) is 0 Å². The number of sulfonamides is 1. The molecule has 0 spiro atoms. The van der Waals surface area contributed by atoms with Gasteiger partial charge in [0.2, 0.25) is 10.0 Å². The van der Waals surface area contributed by atoms with Gasteiger partial charge in [-0.2, -0.15) is 0 Å². The number of nitrogens with one attached hydrogen (secondary N) is 1. The first-order valence-corrected chi connectivity index (χ1v) is 7.50. The zero-order chi connectivity index (χ0) is 12.7. The maximum absolute atomic E-state index is 12.8. The maximum atomic E-state index is 12.8. The fourth-order valence-corrected chi connectivity index (χ4v) is 2.60. The van der Waals surface area contributed by atoms with Gasteiger partial charge < -0.3 is 0 Å². The Bertz CT molecular complexity index is 451. The summed E-state index contributed by atoms with van der Waals surface area (Å²) in [6, 6.07) is 5.84. The fraction of sp³-hybridized carbons (Fsp3) is 0.455. The Hall–Kier alpha value is -0.650. The van der Waals surface area contributed by atoms with Crippen LogP contribution in [0.4, 0.5) is 4.39 Å². The summed E-state index contributed by atoms with van der Waals surface area (Å²) in [5, 5.41) is 0. The van der Waals surface area contributed by atoms with Crippen molar-refractivity contribution < 1.29 is 12.8 Å². The Balaban J connectivity index is 2.44. The van der Waals surface area contributed by atoms with Crippen molar-refractivity contribution in [3.05, 3.63) is 35.6 Å². The van der Waals surface area contributed by atoms with Gasteiger partial charge in [-0.05, 0) is 30.5 Å². The first kappa shape index (κ1) is 14.4. The van der Waals surface area contributed by atoms with Crippen LogP contribution in [0, 0.1) is 5.82 Å². The molecule has 0 saturated heterocycles. The summed E-state index contributed by atoms with van der Waals surface area (Å²) in [5.74, 6) is 0.137. The molecule has 0 fully saturated rings. The molecule has 0 aliphatic carbocycles. The smallest absolute Gasteiger partial charge is 0.211 e. The molecule has 1 aromatic rings. The van der Waals surface area contributed by atoms with E-state index in [1.807, 2.05) is 0 Å². The number of unbranched alkanes of at least 4 members (excludes halogenated alkanes) is 1. The molecule has 0 atom stereocenters. The molecule has 0 aromatic heterocycles. The molecule has 96 valence electrons. The van der Waals surface area contributed by atoms with E-state index in [-0.39, 0.29) is 18.1 Å². The van der Waals surface area contributed by atoms with Gasteiger partial charge in [0.25, 0.3) is 0 Å². The average Bonchev–Trinajstić information content (AvgIpc) is 2.27. The lowest BCUT2D eigenvalue weighted by molar-refractivity contribution is 0.577. The summed E-state index contributed by atoms with van der Waals surface area (Å²) in [4.78, 5) is 0. The van der Waals surface area contributed by atoms with Crippen LogP contribution in [0.1, 0.15) is 18.4 Å². The van der Waals surface area contributed by atoms with Crippen molar-refractivity contribution in [1.29, 1.82) is 0 Å². The van der Waals surface area contributed by atoms with Crippen molar-refractivity contribution in [3.8, 4) is 0 Å². The summed E-state index contributed by atoms with van der Waals surface area (Å²) in [7, 11) is -3.30. The number of hydrogen-bond donors (Lipinski definition) is 1. The fourth-order valence-electron chi connectivity index (χ4n) is 1.30. The summed E-state index contributed by atoms with van der Waals surface area (Å²) >= 11 is 5.46. The standard InChI is InChI=1S/C11H15ClFNO2S/c12-6-1-2-7-17(15,16)14-9-10-4-3-5-11(13)8-10/h3-5,8,14H,1-2,6-7,9H2. The monoisotopic (exact) mass is 279 g/mol. The van der Waals surface area contributed by atoms with Crippen LogP contribution in [-0.2, 0) is 16.6 Å². The summed E-state index contributed by atoms with van der Waals surface area (Å²) in [6.45, 7) is 0.112. The highest BCUT2D eigenvalue weighted by Gasteiger charge is 2.09. The topological polar surface area (TPSA) is 46.2 Å². The predicted octanol–water partition coefficient (Wildman–Crippen LogP) is 2.26. The van der Waals surface area contributed by atoms with Crippen molar-refractivity contribution in [3.63, 3.8) is 0 Å². The average molecular weight is 280 g/mol. The van der Waals surface area contributed by atoms with Crippen LogP contribution in [0.2, 0.25) is 0 Å². The maximum Gasteiger partial charge on any atom is 0.211 e. The Morgan fingerprint density at radius 3 is 2.71 bits per heavy atom. The first-order chi connectivity index (χ1) is 8.03. The van der Waals surface area contributed by atoms with E-state index in [0.717, 1.165) is 0 Å². The van der Waals surface area contributed by atoms with E-state index in [2.05, 4.69) is 4.72 Å². The van der Waals surface area contributed by atoms with E-state index in [9.17, 15) is 12.8 Å². The predicted molar refractivity (Wildman–Crippen MR) is 67.0 cm³/mol. The van der Waals surface area contributed by atoms with E-state index in [4.69, 9.17) is 11.6 Å². The molecule has 0 unspecified atom stereocenters. The molecular formula is C11H15ClFNO2S. The molecule has 1 aromatic carbocycles. The molecule has 1 N–H and O–H groups in total. The third kappa shape index (κ3) is 6.00. The number of benzene rings is 1. The van der Waals surface area contributed by atoms with Crippen LogP contribution < -0.4 is 4.72 Å². The van der Waals surface area contributed by atoms with Crippen LogP contribution in [0.3, 0.4) is 0 Å². The first-order valence-electron chi connectivity index (χ1n) is 5.31. The Morgan fingerprint density at radius 1 is 1.29 bits per heavy atom. The lowest BCUT2D eigenvalue weighted by atomic mass is 10.2. The van der Waals surface area contributed by atoms with Gasteiger partial charge in [0.05, 0.1) is 5.75 Å². The molecule has 0 aliphatic heterocycles. The lowest BCUT2D eigenvalue weighted by Crippen LogP contribution is -2.26. The van der Waals surface area contributed by atoms with Gasteiger partial charge in [-0.1, -0.05) is 12.1 Å². The lowest BCUT2D eigenvalue weighted by Gasteiger charge is -2.06. The third-order valence-corrected chi connectivity index (χ3v) is 3.86. The minimum absolute atomic E-state index is 0.0506. The molecule has 0 saturated carbocycles. The van der Waals surface area contributed by atoms with Gasteiger partial charge in [-0.15, -0.1) is 11.6 Å². The molecule has 0 aliphatic rings. The van der Waals surface area contributed by atoms with Crippen LogP contribution in [0.25, 0.3) is 0 Å². The van der Waals surface area contributed by atoms with E-state index in [0.29, 0.717) is 24.3 Å². The Labute approximate surface area is 106 Å². The SMILES string of the molecule is O=S(=O)(CCCCCl)NCc1cccc(F)c1. The second-order valence-electron chi connectivity index (χ2n) is 3.67. The number of hydrogen-bond acceptors (Lipinski definition) is 2. The molecule has 0 heterocycles. The van der Waals surface area contributed by atoms with Crippen LogP contribution in [0.5, 0.6) is 0 Å². The highest BCUT2D eigenvalue weighted by atomic mass is 35.5. The molecule has 6 heteroatoms. The summed E-state index contributed by atoms with van der Waals surface area (Å²) in [5.41, 5.74) is 0.603. The van der Waals surface area contributed by atoms with E-state index >= 15 is 0 Å². The minimum atomic E-state index is -3.30. The second kappa shape index (κ2) is 6.93. The zero-order valence-electron chi connectivity index (χ0n) is 9.33. The molecule has 1 rings (SSSR count). The molecule has 0 radical (unpaired) electrons. The van der Waals surface area contributed by atoms with Crippen LogP contribution >= 0.6 is 11.6 Å². The minimum Gasteiger partial charge on any atom is -0.212 e. The van der Waals surface area contributed by atoms with Crippen LogP contribution in [-0.4, -0.2) is 20.1 Å². The van der Waals surface area contributed by atoms with Gasteiger partial charge >= 0.3 is 0 Å². The van der Waals surface area contributed by atoms with Gasteiger partial charge in [0.1, 0.15) is 5.82 Å². The van der Waals surface area contributed by atoms with Crippen molar-refractivity contribution >= 4 is 21.6 Å². The van der Waals surface area contributed by atoms with E-state index in [1.54, 1.807) is 12.1 Å². The molecule has 0 bridgehead atoms. The molecular weight excluding hydrogens is 265 g/mol. The third-order valence-electron chi connectivity index (χ3n) is 2.18. The summed E-state index contributed by atoms with van der Waals surface area (Å²) < 4.78 is 38.3. The second-order valence-corrected chi connectivity index (χ2v) is 5.97. The van der Waals surface area contributed by atoms with Gasteiger partial charge in [-0.25, -0.2) is 17.5 Å². The van der Waals surface area contributed by atoms with Gasteiger partial charge in [-0.3, -0.25) is 0 Å². The van der Waals surface area contributed by atoms with E-state index < -0.39 is 10.0 Å². The summed E-state index contributed by atoms with van der Waals surface area (Å²) in [6.07, 6.45) is 1.20. The highest BCUT2D eigenvalue weighted by molar-refractivity contribution is 7.89. The number of rotatable bonds is 7. The molecule has 0 amide bonds.